The molecule has 1 rings (SSSR count). The molecule has 0 saturated heterocycles. The van der Waals surface area contributed by atoms with Gasteiger partial charge in [-0.1, -0.05) is 16.9 Å². The van der Waals surface area contributed by atoms with Crippen molar-refractivity contribution in [2.24, 2.45) is 0 Å². The zero-order chi connectivity index (χ0) is 6.53. The molecule has 1 aromatic rings. The van der Waals surface area contributed by atoms with Crippen LogP contribution in [0.2, 0.25) is 0 Å². The third-order valence-corrected chi connectivity index (χ3v) is 4.32. The van der Waals surface area contributed by atoms with Crippen molar-refractivity contribution in [3.8, 4) is 0 Å². The van der Waals surface area contributed by atoms with E-state index < -0.39 is 0 Å². The Bertz CT molecular complexity index is 146. The number of thioether (sulfide) groups is 1. The fourth-order valence-electron chi connectivity index (χ4n) is 0.430. The summed E-state index contributed by atoms with van der Waals surface area (Å²) >= 11 is 7.64. The molecule has 0 fully saturated rings. The minimum Gasteiger partial charge on any atom is -0.137 e. The quantitative estimate of drug-likeness (QED) is 0.339. The van der Waals surface area contributed by atoms with Crippen LogP contribution in [-0.4, -0.2) is 5.08 Å². The first kappa shape index (κ1) is 7.85. The number of thiophene rings is 1. The SMILES string of the molecule is SSCSc1cccs1. The molecule has 0 aliphatic carbocycles. The zero-order valence-corrected chi connectivity index (χ0v) is 7.96. The number of hydrogen-bond acceptors (Lipinski definition) is 4. The molecule has 0 saturated carbocycles. The summed E-state index contributed by atoms with van der Waals surface area (Å²) in [5, 5.41) is 3.12. The maximum absolute atomic E-state index is 4.03. The first-order valence-electron chi connectivity index (χ1n) is 2.36. The average molecular weight is 194 g/mol. The molecule has 4 heteroatoms. The first-order chi connectivity index (χ1) is 4.43. The van der Waals surface area contributed by atoms with Gasteiger partial charge in [0.1, 0.15) is 0 Å². The molecule has 0 bridgehead atoms. The molecule has 0 unspecified atom stereocenters. The second-order valence-electron chi connectivity index (χ2n) is 1.32. The van der Waals surface area contributed by atoms with E-state index in [0.29, 0.717) is 0 Å². The van der Waals surface area contributed by atoms with Gasteiger partial charge in [-0.3, -0.25) is 0 Å². The van der Waals surface area contributed by atoms with Gasteiger partial charge in [0.2, 0.25) is 0 Å². The molecular weight excluding hydrogens is 188 g/mol. The minimum atomic E-state index is 1.03. The summed E-state index contributed by atoms with van der Waals surface area (Å²) in [6.07, 6.45) is 0. The van der Waals surface area contributed by atoms with Crippen LogP contribution in [0.25, 0.3) is 0 Å². The van der Waals surface area contributed by atoms with Gasteiger partial charge in [0.15, 0.2) is 0 Å². The lowest BCUT2D eigenvalue weighted by molar-refractivity contribution is 1.74. The highest BCUT2D eigenvalue weighted by atomic mass is 33.1. The molecule has 0 spiro atoms. The summed E-state index contributed by atoms with van der Waals surface area (Å²) in [5.41, 5.74) is 0. The minimum absolute atomic E-state index is 1.03. The van der Waals surface area contributed by atoms with E-state index >= 15 is 0 Å². The molecule has 0 nitrogen and oxygen atoms in total. The highest BCUT2D eigenvalue weighted by molar-refractivity contribution is 8.70. The third kappa shape index (κ3) is 2.89. The Balaban J connectivity index is 2.30. The van der Waals surface area contributed by atoms with E-state index in [1.165, 1.54) is 4.21 Å². The smallest absolute Gasteiger partial charge is 0.0606 e. The van der Waals surface area contributed by atoms with Crippen molar-refractivity contribution in [2.45, 2.75) is 4.21 Å². The molecule has 0 N–H and O–H groups in total. The van der Waals surface area contributed by atoms with Crippen LogP contribution < -0.4 is 0 Å². The standard InChI is InChI=1S/C5H6S4/c6-9-4-8-5-2-1-3-7-5/h1-3,6H,4H2. The second kappa shape index (κ2) is 4.55. The Kier molecular flexibility index (Phi) is 3.97. The highest BCUT2D eigenvalue weighted by Gasteiger charge is 1.90. The molecule has 0 aliphatic heterocycles. The van der Waals surface area contributed by atoms with Crippen LogP contribution in [0.15, 0.2) is 21.7 Å². The normalized spacial score (nSPS) is 9.89. The molecule has 0 aromatic carbocycles. The fraction of sp³-hybridized carbons (Fsp3) is 0.200. The van der Waals surface area contributed by atoms with Crippen molar-refractivity contribution in [1.82, 2.24) is 0 Å². The van der Waals surface area contributed by atoms with Crippen molar-refractivity contribution in [3.05, 3.63) is 17.5 Å². The van der Waals surface area contributed by atoms with Gasteiger partial charge in [-0.2, -0.15) is 0 Å². The van der Waals surface area contributed by atoms with Crippen LogP contribution in [0.5, 0.6) is 0 Å². The molecule has 1 aromatic heterocycles. The van der Waals surface area contributed by atoms with Gasteiger partial charge in [-0.05, 0) is 11.4 Å². The molecule has 1 heterocycles. The molecular formula is C5H6S4. The van der Waals surface area contributed by atoms with Crippen molar-refractivity contribution in [2.75, 3.05) is 5.08 Å². The third-order valence-electron chi connectivity index (χ3n) is 0.749. The Morgan fingerprint density at radius 1 is 1.67 bits per heavy atom. The Labute approximate surface area is 72.2 Å². The van der Waals surface area contributed by atoms with Gasteiger partial charge in [-0.25, -0.2) is 0 Å². The summed E-state index contributed by atoms with van der Waals surface area (Å²) in [7, 11) is 1.56. The lowest BCUT2D eigenvalue weighted by Crippen LogP contribution is -1.59. The summed E-state index contributed by atoms with van der Waals surface area (Å²) in [4.78, 5) is 0. The van der Waals surface area contributed by atoms with Crippen molar-refractivity contribution < 1.29 is 0 Å². The van der Waals surface area contributed by atoms with E-state index in [-0.39, 0.29) is 0 Å². The van der Waals surface area contributed by atoms with Gasteiger partial charge < -0.3 is 0 Å². The van der Waals surface area contributed by atoms with Crippen LogP contribution in [-0.2, 0) is 0 Å². The van der Waals surface area contributed by atoms with Crippen LogP contribution in [0.4, 0.5) is 0 Å². The highest BCUT2D eigenvalue weighted by Crippen LogP contribution is 2.27. The van der Waals surface area contributed by atoms with Gasteiger partial charge in [-0.15, -0.1) is 34.8 Å². The number of hydrogen-bond donors (Lipinski definition) is 1. The maximum atomic E-state index is 4.03. The Hall–Kier alpha value is 0.750. The topological polar surface area (TPSA) is 0 Å². The van der Waals surface area contributed by atoms with Gasteiger partial charge in [0.25, 0.3) is 0 Å². The summed E-state index contributed by atoms with van der Waals surface area (Å²) in [6.45, 7) is 0. The molecule has 9 heavy (non-hydrogen) atoms. The molecule has 0 atom stereocenters. The van der Waals surface area contributed by atoms with Gasteiger partial charge in [0, 0.05) is 0 Å². The van der Waals surface area contributed by atoms with E-state index in [0.717, 1.165) is 5.08 Å². The van der Waals surface area contributed by atoms with E-state index in [1.807, 2.05) is 11.8 Å². The van der Waals surface area contributed by atoms with E-state index in [1.54, 1.807) is 22.1 Å². The van der Waals surface area contributed by atoms with Crippen molar-refractivity contribution in [3.63, 3.8) is 0 Å². The second-order valence-corrected chi connectivity index (χ2v) is 5.23. The monoisotopic (exact) mass is 194 g/mol. The Morgan fingerprint density at radius 2 is 2.56 bits per heavy atom. The van der Waals surface area contributed by atoms with Gasteiger partial charge in [0.05, 0.1) is 9.29 Å². The Morgan fingerprint density at radius 3 is 3.11 bits per heavy atom. The van der Waals surface area contributed by atoms with Crippen molar-refractivity contribution >= 4 is 45.6 Å². The molecule has 50 valence electrons. The number of rotatable bonds is 3. The predicted molar refractivity (Wildman–Crippen MR) is 51.6 cm³/mol. The van der Waals surface area contributed by atoms with E-state index in [4.69, 9.17) is 0 Å². The van der Waals surface area contributed by atoms with Crippen LogP contribution in [0.3, 0.4) is 0 Å². The van der Waals surface area contributed by atoms with Crippen LogP contribution >= 0.6 is 45.6 Å². The predicted octanol–water partition coefficient (Wildman–Crippen LogP) is 3.38. The molecule has 0 amide bonds. The largest absolute Gasteiger partial charge is 0.137 e. The molecule has 0 radical (unpaired) electrons. The summed E-state index contributed by atoms with van der Waals surface area (Å²) in [5.74, 6) is 0. The number of thiol groups is 1. The van der Waals surface area contributed by atoms with Gasteiger partial charge >= 0.3 is 0 Å². The fourth-order valence-corrected chi connectivity index (χ4v) is 3.07. The lowest BCUT2D eigenvalue weighted by atomic mass is 10.7. The summed E-state index contributed by atoms with van der Waals surface area (Å²) < 4.78 is 1.37. The zero-order valence-electron chi connectivity index (χ0n) is 4.61. The molecule has 0 aliphatic rings. The van der Waals surface area contributed by atoms with E-state index in [2.05, 4.69) is 29.2 Å². The lowest BCUT2D eigenvalue weighted by Gasteiger charge is -1.89. The van der Waals surface area contributed by atoms with Crippen molar-refractivity contribution in [1.29, 1.82) is 0 Å². The summed E-state index contributed by atoms with van der Waals surface area (Å²) in [6, 6.07) is 4.19. The van der Waals surface area contributed by atoms with E-state index in [9.17, 15) is 0 Å². The van der Waals surface area contributed by atoms with Crippen LogP contribution in [0.1, 0.15) is 0 Å². The van der Waals surface area contributed by atoms with Crippen LogP contribution in [0, 0.1) is 0 Å². The maximum Gasteiger partial charge on any atom is 0.0606 e. The average Bonchev–Trinajstić information content (AvgIpc) is 2.34. The first-order valence-corrected chi connectivity index (χ1v) is 6.26.